The molecule has 1 aromatic heterocycles. The molecule has 8 heteroatoms. The molecule has 1 heterocycles. The molecule has 32 heavy (non-hydrogen) atoms. The van der Waals surface area contributed by atoms with E-state index in [0.29, 0.717) is 22.5 Å². The number of nitrogens with zero attached hydrogens (tertiary/aromatic N) is 3. The average Bonchev–Trinajstić information content (AvgIpc) is 2.81. The topological polar surface area (TPSA) is 84.4 Å². The Morgan fingerprint density at radius 1 is 0.781 bits per heavy atom. The molecule has 0 bridgehead atoms. The largest absolute Gasteiger partial charge is 0.507 e. The Morgan fingerprint density at radius 2 is 1.34 bits per heavy atom. The smallest absolute Gasteiger partial charge is 0.416 e. The van der Waals surface area contributed by atoms with E-state index in [9.17, 15) is 18.3 Å². The fourth-order valence-electron chi connectivity index (χ4n) is 3.21. The van der Waals surface area contributed by atoms with Crippen LogP contribution in [-0.2, 0) is 6.18 Å². The predicted octanol–water partition coefficient (Wildman–Crippen LogP) is 5.25. The fourth-order valence-corrected chi connectivity index (χ4v) is 3.21. The summed E-state index contributed by atoms with van der Waals surface area (Å²) in [5.41, 5.74) is 1.89. The molecule has 160 valence electrons. The highest BCUT2D eigenvalue weighted by Crippen LogP contribution is 2.32. The number of hydrogen-bond acceptors (Lipinski definition) is 5. The van der Waals surface area contributed by atoms with E-state index in [4.69, 9.17) is 5.84 Å². The first-order chi connectivity index (χ1) is 15.4. The van der Waals surface area contributed by atoms with Crippen LogP contribution < -0.4 is 5.84 Å². The molecule has 3 aromatic carbocycles. The minimum Gasteiger partial charge on any atom is -0.507 e. The first kappa shape index (κ1) is 21.0. The number of aromatic nitrogens is 2. The number of nitrogens with two attached hydrogens (primary N) is 1. The zero-order valence-corrected chi connectivity index (χ0v) is 16.6. The molecule has 0 atom stereocenters. The van der Waals surface area contributed by atoms with Gasteiger partial charge in [-0.2, -0.15) is 18.3 Å². The highest BCUT2D eigenvalue weighted by atomic mass is 19.4. The van der Waals surface area contributed by atoms with E-state index in [1.165, 1.54) is 18.2 Å². The van der Waals surface area contributed by atoms with Gasteiger partial charge >= 0.3 is 6.18 Å². The molecule has 0 spiro atoms. The van der Waals surface area contributed by atoms with Gasteiger partial charge in [-0.1, -0.05) is 54.6 Å². The predicted molar refractivity (Wildman–Crippen MR) is 116 cm³/mol. The first-order valence-electron chi connectivity index (χ1n) is 9.55. The van der Waals surface area contributed by atoms with E-state index in [2.05, 4.69) is 15.1 Å². The minimum absolute atomic E-state index is 0.0542. The second kappa shape index (κ2) is 8.50. The Morgan fingerprint density at radius 3 is 1.91 bits per heavy atom. The zero-order chi connectivity index (χ0) is 22.7. The maximum absolute atomic E-state index is 13.0. The third kappa shape index (κ3) is 4.29. The number of hydrazone groups is 1. The van der Waals surface area contributed by atoms with E-state index in [1.807, 2.05) is 30.3 Å². The third-order valence-corrected chi connectivity index (χ3v) is 4.80. The lowest BCUT2D eigenvalue weighted by atomic mass is 10.0. The normalized spacial score (nSPS) is 12.0. The number of hydrogen-bond donors (Lipinski definition) is 2. The number of phenolic OH excluding ortho intramolecular Hbond substituents is 1. The zero-order valence-electron chi connectivity index (χ0n) is 16.6. The second-order valence-electron chi connectivity index (χ2n) is 6.90. The summed E-state index contributed by atoms with van der Waals surface area (Å²) < 4.78 is 38.9. The van der Waals surface area contributed by atoms with Gasteiger partial charge in [-0.05, 0) is 30.3 Å². The standard InChI is InChI=1S/C24H17F3N4O/c25-24(26,27)17-12-10-16(11-13-17)20-14-19(15-6-2-1-3-7-15)29-23(30-20)22(31-28)18-8-4-5-9-21(18)32/h1-14,32H,28H2. The van der Waals surface area contributed by atoms with Gasteiger partial charge < -0.3 is 10.9 Å². The van der Waals surface area contributed by atoms with Crippen molar-refractivity contribution in [3.63, 3.8) is 0 Å². The van der Waals surface area contributed by atoms with Crippen LogP contribution in [0.25, 0.3) is 22.5 Å². The van der Waals surface area contributed by atoms with Gasteiger partial charge in [-0.25, -0.2) is 9.97 Å². The third-order valence-electron chi connectivity index (χ3n) is 4.80. The fraction of sp³-hybridized carbons (Fsp3) is 0.0417. The molecule has 0 saturated carbocycles. The molecular formula is C24H17F3N4O. The van der Waals surface area contributed by atoms with E-state index in [0.717, 1.165) is 17.7 Å². The van der Waals surface area contributed by atoms with E-state index >= 15 is 0 Å². The molecule has 4 rings (SSSR count). The van der Waals surface area contributed by atoms with Crippen LogP contribution in [0.5, 0.6) is 5.75 Å². The highest BCUT2D eigenvalue weighted by Gasteiger charge is 2.30. The van der Waals surface area contributed by atoms with Crippen molar-refractivity contribution in [3.05, 3.63) is 102 Å². The quantitative estimate of drug-likeness (QED) is 0.261. The van der Waals surface area contributed by atoms with Crippen molar-refractivity contribution in [3.8, 4) is 28.3 Å². The molecule has 0 aliphatic heterocycles. The van der Waals surface area contributed by atoms with Crippen LogP contribution in [0, 0.1) is 0 Å². The summed E-state index contributed by atoms with van der Waals surface area (Å²) in [6.45, 7) is 0. The van der Waals surface area contributed by atoms with Crippen molar-refractivity contribution in [2.24, 2.45) is 10.9 Å². The summed E-state index contributed by atoms with van der Waals surface area (Å²) in [6.07, 6.45) is -4.44. The lowest BCUT2D eigenvalue weighted by Gasteiger charge is -2.12. The van der Waals surface area contributed by atoms with Crippen LogP contribution in [0.2, 0.25) is 0 Å². The lowest BCUT2D eigenvalue weighted by molar-refractivity contribution is -0.137. The van der Waals surface area contributed by atoms with Crippen molar-refractivity contribution in [1.82, 2.24) is 9.97 Å². The van der Waals surface area contributed by atoms with Crippen molar-refractivity contribution >= 4 is 5.71 Å². The van der Waals surface area contributed by atoms with Crippen LogP contribution in [-0.4, -0.2) is 20.8 Å². The van der Waals surface area contributed by atoms with E-state index < -0.39 is 11.7 Å². The monoisotopic (exact) mass is 434 g/mol. The van der Waals surface area contributed by atoms with Crippen molar-refractivity contribution < 1.29 is 18.3 Å². The van der Waals surface area contributed by atoms with Gasteiger partial charge in [-0.15, -0.1) is 0 Å². The lowest BCUT2D eigenvalue weighted by Crippen LogP contribution is -2.12. The molecule has 0 amide bonds. The van der Waals surface area contributed by atoms with Gasteiger partial charge in [0.2, 0.25) is 0 Å². The van der Waals surface area contributed by atoms with Crippen LogP contribution in [0.4, 0.5) is 13.2 Å². The van der Waals surface area contributed by atoms with Crippen LogP contribution in [0.15, 0.2) is 90.0 Å². The molecule has 3 N–H and O–H groups in total. The molecule has 0 aliphatic rings. The number of para-hydroxylation sites is 1. The summed E-state index contributed by atoms with van der Waals surface area (Å²) >= 11 is 0. The molecule has 0 unspecified atom stereocenters. The Balaban J connectivity index is 1.88. The summed E-state index contributed by atoms with van der Waals surface area (Å²) in [4.78, 5) is 9.06. The maximum Gasteiger partial charge on any atom is 0.416 e. The molecule has 0 radical (unpaired) electrons. The number of alkyl halides is 3. The van der Waals surface area contributed by atoms with Crippen LogP contribution >= 0.6 is 0 Å². The average molecular weight is 434 g/mol. The molecule has 5 nitrogen and oxygen atoms in total. The molecule has 0 aliphatic carbocycles. The van der Waals surface area contributed by atoms with Crippen molar-refractivity contribution in [2.45, 2.75) is 6.18 Å². The number of phenols is 1. The number of benzene rings is 3. The number of aromatic hydroxyl groups is 1. The highest BCUT2D eigenvalue weighted by molar-refractivity contribution is 6.12. The summed E-state index contributed by atoms with van der Waals surface area (Å²) in [6, 6.07) is 22.1. The van der Waals surface area contributed by atoms with Gasteiger partial charge in [0.1, 0.15) is 11.5 Å². The minimum atomic E-state index is -4.44. The van der Waals surface area contributed by atoms with Gasteiger partial charge in [0.25, 0.3) is 0 Å². The Kier molecular flexibility index (Phi) is 5.59. The first-order valence-corrected chi connectivity index (χ1v) is 9.55. The number of rotatable bonds is 4. The van der Waals surface area contributed by atoms with Gasteiger partial charge in [0.05, 0.1) is 17.0 Å². The van der Waals surface area contributed by atoms with Crippen molar-refractivity contribution in [2.75, 3.05) is 0 Å². The van der Waals surface area contributed by atoms with E-state index in [-0.39, 0.29) is 17.3 Å². The summed E-state index contributed by atoms with van der Waals surface area (Å²) in [5, 5.41) is 14.0. The summed E-state index contributed by atoms with van der Waals surface area (Å²) in [5.74, 6) is 5.70. The Hall–Kier alpha value is -4.20. The summed E-state index contributed by atoms with van der Waals surface area (Å²) in [7, 11) is 0. The van der Waals surface area contributed by atoms with Crippen molar-refractivity contribution in [1.29, 1.82) is 0 Å². The molecule has 0 fully saturated rings. The Bertz CT molecular complexity index is 1270. The molecule has 4 aromatic rings. The number of halogens is 3. The Labute approximate surface area is 181 Å². The molecule has 0 saturated heterocycles. The van der Waals surface area contributed by atoms with E-state index in [1.54, 1.807) is 24.3 Å². The SMILES string of the molecule is NN=C(c1nc(-c2ccccc2)cc(-c2ccc(C(F)(F)F)cc2)n1)c1ccccc1O. The van der Waals surface area contributed by atoms with Gasteiger partial charge in [-0.3, -0.25) is 0 Å². The maximum atomic E-state index is 13.0. The second-order valence-corrected chi connectivity index (χ2v) is 6.90. The van der Waals surface area contributed by atoms with Crippen LogP contribution in [0.1, 0.15) is 17.0 Å². The molecular weight excluding hydrogens is 417 g/mol. The van der Waals surface area contributed by atoms with Gasteiger partial charge in [0, 0.05) is 16.7 Å². The van der Waals surface area contributed by atoms with Crippen LogP contribution in [0.3, 0.4) is 0 Å². The van der Waals surface area contributed by atoms with Gasteiger partial charge in [0.15, 0.2) is 5.82 Å².